The van der Waals surface area contributed by atoms with E-state index in [-0.39, 0.29) is 11.6 Å². The van der Waals surface area contributed by atoms with Gasteiger partial charge in [0.05, 0.1) is 5.54 Å². The summed E-state index contributed by atoms with van der Waals surface area (Å²) in [5.74, 6) is 1.23. The SMILES string of the molecule is C=C(/C=C1/CC[C@H](CCCOCC)C/C1=C/C)[C@H]1CC[C@]2(COC(=O)N2)C1. The number of rotatable bonds is 7. The second-order valence-electron chi connectivity index (χ2n) is 8.43. The van der Waals surface area contributed by atoms with Gasteiger partial charge in [0.15, 0.2) is 0 Å². The molecule has 0 aromatic heterocycles. The number of ether oxygens (including phenoxy) is 2. The summed E-state index contributed by atoms with van der Waals surface area (Å²) in [5.41, 5.74) is 4.03. The first kappa shape index (κ1) is 20.2. The van der Waals surface area contributed by atoms with Crippen molar-refractivity contribution in [3.8, 4) is 0 Å². The van der Waals surface area contributed by atoms with Crippen LogP contribution < -0.4 is 5.32 Å². The van der Waals surface area contributed by atoms with E-state index in [1.807, 2.05) is 0 Å². The Morgan fingerprint density at radius 3 is 2.96 bits per heavy atom. The lowest BCUT2D eigenvalue weighted by molar-refractivity contribution is 0.138. The van der Waals surface area contributed by atoms with Crippen LogP contribution in [0, 0.1) is 11.8 Å². The zero-order valence-corrected chi connectivity index (χ0v) is 17.0. The third kappa shape index (κ3) is 5.04. The van der Waals surface area contributed by atoms with Crippen molar-refractivity contribution in [3.05, 3.63) is 35.5 Å². The zero-order chi connectivity index (χ0) is 19.3. The summed E-state index contributed by atoms with van der Waals surface area (Å²) in [4.78, 5) is 11.4. The van der Waals surface area contributed by atoms with Crippen molar-refractivity contribution in [3.63, 3.8) is 0 Å². The standard InChI is InChI=1S/C23H35NO3/c1-4-19-14-18(7-6-12-26-5-2)8-9-20(19)13-17(3)21-10-11-23(15-21)16-27-22(25)24-23/h4,13,18,21H,3,5-12,14-16H2,1-2H3,(H,24,25)/b19-4-,20-13-/t18-,21-,23+/m0/s1. The predicted molar refractivity (Wildman–Crippen MR) is 109 cm³/mol. The van der Waals surface area contributed by atoms with E-state index in [0.717, 1.165) is 44.8 Å². The van der Waals surface area contributed by atoms with Crippen molar-refractivity contribution in [2.24, 2.45) is 11.8 Å². The Kier molecular flexibility index (Phi) is 6.80. The Labute approximate surface area is 164 Å². The highest BCUT2D eigenvalue weighted by molar-refractivity contribution is 5.70. The topological polar surface area (TPSA) is 47.6 Å². The highest BCUT2D eigenvalue weighted by Gasteiger charge is 2.46. The Morgan fingerprint density at radius 2 is 2.26 bits per heavy atom. The molecule has 3 aliphatic rings. The van der Waals surface area contributed by atoms with E-state index in [2.05, 4.69) is 37.9 Å². The van der Waals surface area contributed by atoms with Gasteiger partial charge in [0, 0.05) is 13.2 Å². The average Bonchev–Trinajstić information content (AvgIpc) is 3.25. The molecule has 3 rings (SSSR count). The van der Waals surface area contributed by atoms with Crippen LogP contribution in [-0.4, -0.2) is 31.5 Å². The van der Waals surface area contributed by atoms with Crippen LogP contribution in [0.2, 0.25) is 0 Å². The third-order valence-electron chi connectivity index (χ3n) is 6.54. The predicted octanol–water partition coefficient (Wildman–Crippen LogP) is 5.31. The quantitative estimate of drug-likeness (QED) is 0.615. The second-order valence-corrected chi connectivity index (χ2v) is 8.43. The summed E-state index contributed by atoms with van der Waals surface area (Å²) in [6.07, 6.45) is 13.4. The number of nitrogens with one attached hydrogen (secondary N) is 1. The Balaban J connectivity index is 1.54. The summed E-state index contributed by atoms with van der Waals surface area (Å²) in [5, 5.41) is 3.03. The number of carbonyl (C=O) groups excluding carboxylic acids is 1. The summed E-state index contributed by atoms with van der Waals surface area (Å²) in [6.45, 7) is 10.8. The van der Waals surface area contributed by atoms with Crippen molar-refractivity contribution in [1.29, 1.82) is 0 Å². The summed E-state index contributed by atoms with van der Waals surface area (Å²) >= 11 is 0. The molecular weight excluding hydrogens is 338 g/mol. The molecule has 0 aromatic rings. The van der Waals surface area contributed by atoms with E-state index in [1.54, 1.807) is 0 Å². The molecule has 0 bridgehead atoms. The van der Waals surface area contributed by atoms with Gasteiger partial charge in [0.25, 0.3) is 0 Å². The minimum absolute atomic E-state index is 0.148. The fourth-order valence-corrected chi connectivity index (χ4v) is 4.92. The molecular formula is C23H35NO3. The normalized spacial score (nSPS) is 33.6. The van der Waals surface area contributed by atoms with Gasteiger partial charge in [-0.15, -0.1) is 0 Å². The van der Waals surface area contributed by atoms with Gasteiger partial charge in [-0.1, -0.05) is 24.3 Å². The van der Waals surface area contributed by atoms with E-state index in [9.17, 15) is 4.79 Å². The summed E-state index contributed by atoms with van der Waals surface area (Å²) in [7, 11) is 0. The molecule has 0 aromatic carbocycles. The molecule has 2 aliphatic carbocycles. The van der Waals surface area contributed by atoms with Crippen molar-refractivity contribution >= 4 is 6.09 Å². The first-order chi connectivity index (χ1) is 13.0. The van der Waals surface area contributed by atoms with Gasteiger partial charge >= 0.3 is 6.09 Å². The highest BCUT2D eigenvalue weighted by atomic mass is 16.6. The van der Waals surface area contributed by atoms with Gasteiger partial charge in [-0.3, -0.25) is 0 Å². The first-order valence-electron chi connectivity index (χ1n) is 10.6. The van der Waals surface area contributed by atoms with Gasteiger partial charge in [-0.05, 0) is 88.2 Å². The molecule has 1 spiro atoms. The number of hydrogen-bond donors (Lipinski definition) is 1. The molecule has 1 aliphatic heterocycles. The number of alkyl carbamates (subject to hydrolysis) is 1. The molecule has 3 atom stereocenters. The Hall–Kier alpha value is -1.55. The van der Waals surface area contributed by atoms with Gasteiger partial charge in [-0.25, -0.2) is 4.79 Å². The highest BCUT2D eigenvalue weighted by Crippen LogP contribution is 2.42. The van der Waals surface area contributed by atoms with E-state index in [0.29, 0.717) is 12.5 Å². The average molecular weight is 374 g/mol. The van der Waals surface area contributed by atoms with Gasteiger partial charge < -0.3 is 14.8 Å². The molecule has 1 heterocycles. The third-order valence-corrected chi connectivity index (χ3v) is 6.54. The molecule has 150 valence electrons. The number of amides is 1. The number of cyclic esters (lactones) is 1. The van der Waals surface area contributed by atoms with Crippen LogP contribution in [0.15, 0.2) is 35.5 Å². The molecule has 27 heavy (non-hydrogen) atoms. The number of carbonyl (C=O) groups is 1. The largest absolute Gasteiger partial charge is 0.447 e. The van der Waals surface area contributed by atoms with Crippen molar-refractivity contribution in [2.75, 3.05) is 19.8 Å². The van der Waals surface area contributed by atoms with E-state index in [1.165, 1.54) is 42.4 Å². The molecule has 1 saturated heterocycles. The van der Waals surface area contributed by atoms with Crippen LogP contribution in [0.1, 0.15) is 65.2 Å². The molecule has 0 unspecified atom stereocenters. The molecule has 3 fully saturated rings. The molecule has 2 saturated carbocycles. The van der Waals surface area contributed by atoms with Crippen LogP contribution in [0.5, 0.6) is 0 Å². The minimum Gasteiger partial charge on any atom is -0.447 e. The van der Waals surface area contributed by atoms with Crippen LogP contribution in [0.3, 0.4) is 0 Å². The fraction of sp³-hybridized carbons (Fsp3) is 0.696. The van der Waals surface area contributed by atoms with Gasteiger partial charge in [-0.2, -0.15) is 0 Å². The van der Waals surface area contributed by atoms with Crippen LogP contribution in [0.4, 0.5) is 4.79 Å². The van der Waals surface area contributed by atoms with Gasteiger partial charge in [0.2, 0.25) is 0 Å². The lowest BCUT2D eigenvalue weighted by Gasteiger charge is -2.27. The lowest BCUT2D eigenvalue weighted by atomic mass is 9.78. The van der Waals surface area contributed by atoms with E-state index in [4.69, 9.17) is 9.47 Å². The lowest BCUT2D eigenvalue weighted by Crippen LogP contribution is -2.40. The van der Waals surface area contributed by atoms with Crippen LogP contribution in [-0.2, 0) is 9.47 Å². The van der Waals surface area contributed by atoms with Gasteiger partial charge in [0.1, 0.15) is 6.61 Å². The smallest absolute Gasteiger partial charge is 0.407 e. The number of hydrogen-bond acceptors (Lipinski definition) is 3. The fourth-order valence-electron chi connectivity index (χ4n) is 4.92. The second kappa shape index (κ2) is 9.09. The molecule has 4 heteroatoms. The zero-order valence-electron chi connectivity index (χ0n) is 17.0. The number of allylic oxidation sites excluding steroid dienone is 5. The van der Waals surface area contributed by atoms with Crippen LogP contribution in [0.25, 0.3) is 0 Å². The minimum atomic E-state index is -0.265. The maximum atomic E-state index is 11.4. The maximum absolute atomic E-state index is 11.4. The molecule has 1 amide bonds. The van der Waals surface area contributed by atoms with Crippen molar-refractivity contribution in [1.82, 2.24) is 5.32 Å². The Morgan fingerprint density at radius 1 is 1.41 bits per heavy atom. The Bertz CT molecular complexity index is 621. The molecule has 4 nitrogen and oxygen atoms in total. The summed E-state index contributed by atoms with van der Waals surface area (Å²) in [6, 6.07) is 0. The monoisotopic (exact) mass is 373 g/mol. The summed E-state index contributed by atoms with van der Waals surface area (Å²) < 4.78 is 10.6. The maximum Gasteiger partial charge on any atom is 0.407 e. The first-order valence-corrected chi connectivity index (χ1v) is 10.6. The molecule has 0 radical (unpaired) electrons. The van der Waals surface area contributed by atoms with Crippen molar-refractivity contribution in [2.45, 2.75) is 70.8 Å². The van der Waals surface area contributed by atoms with Crippen molar-refractivity contribution < 1.29 is 14.3 Å². The van der Waals surface area contributed by atoms with E-state index < -0.39 is 0 Å². The molecule has 1 N–H and O–H groups in total. The van der Waals surface area contributed by atoms with E-state index >= 15 is 0 Å². The van der Waals surface area contributed by atoms with Crippen LogP contribution >= 0.6 is 0 Å².